The van der Waals surface area contributed by atoms with Crippen molar-refractivity contribution in [2.24, 2.45) is 0 Å². The first kappa shape index (κ1) is 17.3. The molecule has 0 N–H and O–H groups in total. The van der Waals surface area contributed by atoms with Gasteiger partial charge in [0.15, 0.2) is 14.7 Å². The lowest BCUT2D eigenvalue weighted by Gasteiger charge is -2.10. The molecule has 0 heterocycles. The summed E-state index contributed by atoms with van der Waals surface area (Å²) in [5, 5.41) is 0. The van der Waals surface area contributed by atoms with Crippen LogP contribution < -0.4 is 0 Å². The summed E-state index contributed by atoms with van der Waals surface area (Å²) < 4.78 is 5.27. The molecule has 0 unspecified atom stereocenters. The lowest BCUT2D eigenvalue weighted by atomic mass is 10.2. The van der Waals surface area contributed by atoms with Gasteiger partial charge in [0.25, 0.3) is 0 Å². The minimum atomic E-state index is -0.277. The zero-order valence-electron chi connectivity index (χ0n) is 14.4. The number of esters is 1. The summed E-state index contributed by atoms with van der Waals surface area (Å²) >= 11 is 0. The summed E-state index contributed by atoms with van der Waals surface area (Å²) in [6.45, 7) is 3.71. The second-order valence-corrected chi connectivity index (χ2v) is 7.94. The van der Waals surface area contributed by atoms with Gasteiger partial charge >= 0.3 is 5.97 Å². The summed E-state index contributed by atoms with van der Waals surface area (Å²) in [6.07, 6.45) is -0.115. The van der Waals surface area contributed by atoms with Crippen molar-refractivity contribution in [3.8, 4) is 0 Å². The zero-order chi connectivity index (χ0) is 17.6. The average Bonchev–Trinajstić information content (AvgIpc) is 2.64. The highest BCUT2D eigenvalue weighted by molar-refractivity contribution is 7.97. The molecular formula is C22H21O2S+. The molecule has 3 aromatic carbocycles. The number of carbonyl (C=O) groups excluding carboxylic acids is 1. The normalized spacial score (nSPS) is 10.9. The van der Waals surface area contributed by atoms with Crippen LogP contribution >= 0.6 is 0 Å². The Bertz CT molecular complexity index is 772. The fourth-order valence-corrected chi connectivity index (χ4v) is 4.61. The number of hydrogen-bond donors (Lipinski definition) is 0. The third kappa shape index (κ3) is 4.31. The van der Waals surface area contributed by atoms with E-state index in [1.807, 2.05) is 50.2 Å². The van der Waals surface area contributed by atoms with Crippen LogP contribution in [-0.4, -0.2) is 12.1 Å². The first-order valence-corrected chi connectivity index (χ1v) is 9.53. The van der Waals surface area contributed by atoms with Gasteiger partial charge in [-0.05, 0) is 62.4 Å². The van der Waals surface area contributed by atoms with E-state index in [0.717, 1.165) is 0 Å². The first-order valence-electron chi connectivity index (χ1n) is 8.30. The maximum atomic E-state index is 12.1. The Morgan fingerprint density at radius 2 is 1.16 bits per heavy atom. The maximum absolute atomic E-state index is 12.1. The van der Waals surface area contributed by atoms with E-state index in [1.54, 1.807) is 0 Å². The Balaban J connectivity index is 1.96. The molecule has 0 amide bonds. The van der Waals surface area contributed by atoms with E-state index in [4.69, 9.17) is 4.74 Å². The summed E-state index contributed by atoms with van der Waals surface area (Å²) in [5.74, 6) is -0.277. The second kappa shape index (κ2) is 8.04. The molecule has 0 bridgehead atoms. The molecule has 0 radical (unpaired) electrons. The molecule has 3 rings (SSSR count). The molecule has 0 saturated carbocycles. The Hall–Kier alpha value is -2.52. The number of benzene rings is 3. The zero-order valence-corrected chi connectivity index (χ0v) is 15.2. The van der Waals surface area contributed by atoms with Gasteiger partial charge in [-0.3, -0.25) is 0 Å². The Kier molecular flexibility index (Phi) is 5.56. The Morgan fingerprint density at radius 1 is 0.720 bits per heavy atom. The van der Waals surface area contributed by atoms with E-state index in [0.29, 0.717) is 5.56 Å². The molecular weight excluding hydrogens is 328 g/mol. The molecule has 0 aromatic heterocycles. The third-order valence-corrected chi connectivity index (χ3v) is 5.86. The fourth-order valence-electron chi connectivity index (χ4n) is 2.53. The summed E-state index contributed by atoms with van der Waals surface area (Å²) in [7, 11) is -0.199. The highest BCUT2D eigenvalue weighted by Crippen LogP contribution is 2.31. The van der Waals surface area contributed by atoms with E-state index in [-0.39, 0.29) is 23.0 Å². The minimum Gasteiger partial charge on any atom is -0.459 e. The van der Waals surface area contributed by atoms with Crippen molar-refractivity contribution in [2.75, 3.05) is 0 Å². The van der Waals surface area contributed by atoms with Gasteiger partial charge < -0.3 is 4.74 Å². The first-order chi connectivity index (χ1) is 12.1. The van der Waals surface area contributed by atoms with Gasteiger partial charge in [-0.25, -0.2) is 4.79 Å². The molecule has 126 valence electrons. The molecule has 0 atom stereocenters. The highest BCUT2D eigenvalue weighted by atomic mass is 32.2. The number of carbonyl (C=O) groups is 1. The van der Waals surface area contributed by atoms with E-state index < -0.39 is 0 Å². The van der Waals surface area contributed by atoms with Gasteiger partial charge in [0.1, 0.15) is 0 Å². The van der Waals surface area contributed by atoms with Crippen molar-refractivity contribution in [1.82, 2.24) is 0 Å². The highest BCUT2D eigenvalue weighted by Gasteiger charge is 2.28. The monoisotopic (exact) mass is 349 g/mol. The Labute approximate surface area is 151 Å². The lowest BCUT2D eigenvalue weighted by Crippen LogP contribution is -2.12. The van der Waals surface area contributed by atoms with Gasteiger partial charge in [0, 0.05) is 0 Å². The van der Waals surface area contributed by atoms with Crippen molar-refractivity contribution in [2.45, 2.75) is 34.6 Å². The standard InChI is InChI=1S/C22H21O2S/c1-17(2)24-22(23)18-13-15-21(16-14-18)25(19-9-5-3-6-10-19)20-11-7-4-8-12-20/h3-17H,1-2H3/q+1. The van der Waals surface area contributed by atoms with Crippen LogP contribution in [0.2, 0.25) is 0 Å². The van der Waals surface area contributed by atoms with Crippen LogP contribution in [0, 0.1) is 0 Å². The van der Waals surface area contributed by atoms with Crippen molar-refractivity contribution in [3.63, 3.8) is 0 Å². The van der Waals surface area contributed by atoms with Crippen LogP contribution in [0.15, 0.2) is 99.6 Å². The van der Waals surface area contributed by atoms with Gasteiger partial charge in [-0.15, -0.1) is 0 Å². The van der Waals surface area contributed by atoms with Crippen molar-refractivity contribution < 1.29 is 9.53 Å². The fraction of sp³-hybridized carbons (Fsp3) is 0.136. The van der Waals surface area contributed by atoms with Gasteiger partial charge in [0.2, 0.25) is 0 Å². The molecule has 25 heavy (non-hydrogen) atoms. The summed E-state index contributed by atoms with van der Waals surface area (Å²) in [5.41, 5.74) is 0.585. The average molecular weight is 349 g/mol. The Morgan fingerprint density at radius 3 is 1.60 bits per heavy atom. The third-order valence-electron chi connectivity index (χ3n) is 3.63. The second-order valence-electron chi connectivity index (χ2n) is 5.91. The molecule has 0 saturated heterocycles. The molecule has 0 aliphatic heterocycles. The predicted molar refractivity (Wildman–Crippen MR) is 102 cm³/mol. The summed E-state index contributed by atoms with van der Waals surface area (Å²) in [4.78, 5) is 15.7. The smallest absolute Gasteiger partial charge is 0.338 e. The molecule has 0 aliphatic rings. The SMILES string of the molecule is CC(C)OC(=O)c1ccc([S+](c2ccccc2)c2ccccc2)cc1. The largest absolute Gasteiger partial charge is 0.459 e. The topological polar surface area (TPSA) is 26.3 Å². The van der Waals surface area contributed by atoms with Gasteiger partial charge in [-0.2, -0.15) is 0 Å². The van der Waals surface area contributed by atoms with E-state index in [1.165, 1.54) is 14.7 Å². The molecule has 3 heteroatoms. The van der Waals surface area contributed by atoms with Gasteiger partial charge in [0.05, 0.1) is 22.6 Å². The van der Waals surface area contributed by atoms with E-state index in [2.05, 4.69) is 48.5 Å². The minimum absolute atomic E-state index is 0.115. The van der Waals surface area contributed by atoms with E-state index in [9.17, 15) is 4.79 Å². The van der Waals surface area contributed by atoms with Crippen LogP contribution in [0.3, 0.4) is 0 Å². The molecule has 0 fully saturated rings. The number of hydrogen-bond acceptors (Lipinski definition) is 2. The molecule has 2 nitrogen and oxygen atoms in total. The van der Waals surface area contributed by atoms with Crippen LogP contribution in [0.4, 0.5) is 0 Å². The lowest BCUT2D eigenvalue weighted by molar-refractivity contribution is 0.0378. The molecule has 0 spiro atoms. The van der Waals surface area contributed by atoms with Crippen molar-refractivity contribution in [3.05, 3.63) is 90.5 Å². The van der Waals surface area contributed by atoms with Crippen LogP contribution in [0.5, 0.6) is 0 Å². The van der Waals surface area contributed by atoms with E-state index >= 15 is 0 Å². The maximum Gasteiger partial charge on any atom is 0.338 e. The molecule has 3 aromatic rings. The quantitative estimate of drug-likeness (QED) is 0.459. The van der Waals surface area contributed by atoms with Gasteiger partial charge in [-0.1, -0.05) is 36.4 Å². The van der Waals surface area contributed by atoms with Crippen LogP contribution in [-0.2, 0) is 15.6 Å². The van der Waals surface area contributed by atoms with Crippen molar-refractivity contribution in [1.29, 1.82) is 0 Å². The van der Waals surface area contributed by atoms with Crippen LogP contribution in [0.1, 0.15) is 24.2 Å². The number of ether oxygens (including phenoxy) is 1. The predicted octanol–water partition coefficient (Wildman–Crippen LogP) is 5.35. The summed E-state index contributed by atoms with van der Waals surface area (Å²) in [6, 6.07) is 28.7. The van der Waals surface area contributed by atoms with Crippen LogP contribution in [0.25, 0.3) is 0 Å². The number of rotatable bonds is 5. The van der Waals surface area contributed by atoms with Crippen molar-refractivity contribution >= 4 is 16.9 Å². The molecule has 0 aliphatic carbocycles.